The quantitative estimate of drug-likeness (QED) is 0.133. The van der Waals surface area contributed by atoms with E-state index in [1.807, 2.05) is 0 Å². The molecule has 0 aliphatic heterocycles. The van der Waals surface area contributed by atoms with Crippen molar-refractivity contribution < 1.29 is 0 Å². The Morgan fingerprint density at radius 1 is 0.261 bits per heavy atom. The number of nitrogens with zero attached hydrogens (tertiary/aromatic N) is 16. The molecule has 0 aliphatic rings. The van der Waals surface area contributed by atoms with E-state index in [4.69, 9.17) is 18.1 Å². The van der Waals surface area contributed by atoms with E-state index >= 15 is 0 Å². The minimum atomic E-state index is -4.47. The number of hydrogen-bond acceptors (Lipinski definition) is 4. The van der Waals surface area contributed by atoms with Crippen LogP contribution < -0.4 is 0 Å². The Balaban J connectivity index is 10.6. The third-order valence-corrected chi connectivity index (χ3v) is 36.1. The zero-order valence-corrected chi connectivity index (χ0v) is 40.4. The van der Waals surface area contributed by atoms with Crippen molar-refractivity contribution in [3.8, 4) is 0 Å². The van der Waals surface area contributed by atoms with Crippen molar-refractivity contribution in [2.45, 2.75) is 0 Å². The van der Waals surface area contributed by atoms with Gasteiger partial charge in [0, 0.05) is 0 Å². The van der Waals surface area contributed by atoms with E-state index in [1.54, 1.807) is 0 Å². The standard InChI is InChI=1S/C24H72IN16P5/c1-30(2)42(31(3)4,32(5)6)26-46(25,27-43(33(7)8,34(9)10)35(11)12,28-44(36(13)14,37(15)16)38(17)18)29-45(39(19)20,40(21)22)41(23)24/h1-24H3. The van der Waals surface area contributed by atoms with Gasteiger partial charge in [-0.15, -0.1) is 0 Å². The van der Waals surface area contributed by atoms with Gasteiger partial charge in [0.25, 0.3) is 0 Å². The summed E-state index contributed by atoms with van der Waals surface area (Å²) in [6, 6.07) is 0. The van der Waals surface area contributed by atoms with Gasteiger partial charge in [0.2, 0.25) is 0 Å². The summed E-state index contributed by atoms with van der Waals surface area (Å²) < 4.78 is 51.8. The summed E-state index contributed by atoms with van der Waals surface area (Å²) >= 11 is 2.56. The van der Waals surface area contributed by atoms with Gasteiger partial charge in [0.15, 0.2) is 0 Å². The van der Waals surface area contributed by atoms with Gasteiger partial charge in [0.1, 0.15) is 0 Å². The van der Waals surface area contributed by atoms with Gasteiger partial charge >= 0.3 is 300 Å². The Labute approximate surface area is 298 Å². The molecule has 0 heterocycles. The van der Waals surface area contributed by atoms with E-state index in [0.29, 0.717) is 0 Å². The average molecular weight is 867 g/mol. The molecule has 0 fully saturated rings. The maximum atomic E-state index is 6.22. The molecule has 0 aromatic heterocycles. The molecule has 0 aromatic rings. The van der Waals surface area contributed by atoms with Crippen LogP contribution in [0.3, 0.4) is 0 Å². The molecule has 0 amide bonds. The van der Waals surface area contributed by atoms with Crippen molar-refractivity contribution in [3.05, 3.63) is 0 Å². The van der Waals surface area contributed by atoms with Gasteiger partial charge in [-0.05, 0) is 0 Å². The molecule has 0 unspecified atom stereocenters. The van der Waals surface area contributed by atoms with E-state index in [9.17, 15) is 0 Å². The molecule has 0 aliphatic carbocycles. The molecule has 0 saturated carbocycles. The van der Waals surface area contributed by atoms with Crippen LogP contribution in [0.25, 0.3) is 0 Å². The molecule has 46 heavy (non-hydrogen) atoms. The van der Waals surface area contributed by atoms with E-state index in [-0.39, 0.29) is 0 Å². The second-order valence-electron chi connectivity index (χ2n) is 13.5. The summed E-state index contributed by atoms with van der Waals surface area (Å²) in [5, 5.41) is 0. The summed E-state index contributed by atoms with van der Waals surface area (Å²) in [6.07, 6.45) is 0. The monoisotopic (exact) mass is 866 g/mol. The van der Waals surface area contributed by atoms with Crippen molar-refractivity contribution in [1.29, 1.82) is 0 Å². The van der Waals surface area contributed by atoms with Crippen LogP contribution in [0.1, 0.15) is 0 Å². The molecule has 0 aromatic carbocycles. The van der Waals surface area contributed by atoms with Crippen molar-refractivity contribution in [2.24, 2.45) is 18.1 Å². The molecule has 16 nitrogen and oxygen atoms in total. The van der Waals surface area contributed by atoms with Gasteiger partial charge in [-0.1, -0.05) is 0 Å². The zero-order chi connectivity index (χ0) is 37.2. The molecule has 0 radical (unpaired) electrons. The Kier molecular flexibility index (Phi) is 17.5. The molecular weight excluding hydrogens is 794 g/mol. The van der Waals surface area contributed by atoms with Crippen LogP contribution in [-0.2, 0) is 0 Å². The number of hydrogen-bond donors (Lipinski definition) is 0. The first-order chi connectivity index (χ1) is 20.4. The SMILES string of the molecule is CN(C)P(=NP(I)(N=P(N(C)C)(N(C)C)N(C)C)(N=P(N(C)C)(N(C)C)N(C)C)N=P(N(C)C)(N(C)C)N(C)C)(N(C)C)N(C)C. The topological polar surface area (TPSA) is 88.3 Å². The zero-order valence-electron chi connectivity index (χ0n) is 33.8. The fourth-order valence-electron chi connectivity index (χ4n) is 6.19. The molecule has 22 heteroatoms. The van der Waals surface area contributed by atoms with Gasteiger partial charge in [0.05, 0.1) is 0 Å². The van der Waals surface area contributed by atoms with Gasteiger partial charge in [-0.25, -0.2) is 0 Å². The van der Waals surface area contributed by atoms with Crippen LogP contribution in [0.4, 0.5) is 0 Å². The first-order valence-electron chi connectivity index (χ1n) is 14.9. The van der Waals surface area contributed by atoms with E-state index in [1.165, 1.54) is 0 Å². The molecular formula is C24H72IN16P5. The Hall–Kier alpha value is 1.60. The first-order valence-corrected chi connectivity index (χ1v) is 26.1. The van der Waals surface area contributed by atoms with Crippen LogP contribution in [0.15, 0.2) is 18.1 Å². The number of halogens is 1. The van der Waals surface area contributed by atoms with Crippen molar-refractivity contribution in [1.82, 2.24) is 56.0 Å². The number of rotatable bonds is 16. The van der Waals surface area contributed by atoms with Crippen molar-refractivity contribution in [3.63, 3.8) is 0 Å². The molecule has 0 rings (SSSR count). The van der Waals surface area contributed by atoms with E-state index in [2.05, 4.69) is 247 Å². The summed E-state index contributed by atoms with van der Waals surface area (Å²) in [6.45, 7) is 0. The van der Waals surface area contributed by atoms with Crippen LogP contribution in [0, 0.1) is 0 Å². The summed E-state index contributed by atoms with van der Waals surface area (Å²) in [4.78, 5) is -4.47. The molecule has 280 valence electrons. The third-order valence-electron chi connectivity index (χ3n) is 7.54. The van der Waals surface area contributed by atoms with Gasteiger partial charge in [-0.3, -0.25) is 0 Å². The second kappa shape index (κ2) is 17.0. The van der Waals surface area contributed by atoms with Crippen LogP contribution >= 0.6 is 56.9 Å². The maximum absolute atomic E-state index is 6.22. The summed E-state index contributed by atoms with van der Waals surface area (Å²) in [5.74, 6) is 0. The Morgan fingerprint density at radius 2 is 0.348 bits per heavy atom. The first kappa shape index (κ1) is 47.6. The fraction of sp³-hybridized carbons (Fsp3) is 1.00. The molecule has 0 bridgehead atoms. The van der Waals surface area contributed by atoms with Gasteiger partial charge in [-0.2, -0.15) is 0 Å². The molecule has 0 N–H and O–H groups in total. The summed E-state index contributed by atoms with van der Waals surface area (Å²) in [5.41, 5.74) is 0. The normalized spacial score (nSPS) is 15.7. The molecule has 0 spiro atoms. The van der Waals surface area contributed by atoms with Gasteiger partial charge < -0.3 is 0 Å². The van der Waals surface area contributed by atoms with Crippen LogP contribution in [0.5, 0.6) is 0 Å². The second-order valence-corrected chi connectivity index (χ2v) is 37.1. The predicted octanol–water partition coefficient (Wildman–Crippen LogP) is 6.07. The summed E-state index contributed by atoms with van der Waals surface area (Å²) in [7, 11) is 40.1. The predicted molar refractivity (Wildman–Crippen MR) is 223 cm³/mol. The average Bonchev–Trinajstić information content (AvgIpc) is 2.86. The van der Waals surface area contributed by atoms with Crippen LogP contribution in [-0.4, -0.2) is 225 Å². The Bertz CT molecular complexity index is 939. The van der Waals surface area contributed by atoms with E-state index in [0.717, 1.165) is 0 Å². The van der Waals surface area contributed by atoms with Crippen LogP contribution in [0.2, 0.25) is 0 Å². The third kappa shape index (κ3) is 8.79. The van der Waals surface area contributed by atoms with Crippen molar-refractivity contribution in [2.75, 3.05) is 169 Å². The molecule has 0 atom stereocenters. The minimum absolute atomic E-state index is 2.11. The Morgan fingerprint density at radius 3 is 0.413 bits per heavy atom. The van der Waals surface area contributed by atoms with Crippen molar-refractivity contribution >= 4 is 56.9 Å². The fourth-order valence-corrected chi connectivity index (χ4v) is 41.2. The molecule has 0 saturated heterocycles. The van der Waals surface area contributed by atoms with E-state index < -0.39 is 34.9 Å².